The molecule has 2 N–H and O–H groups in total. The van der Waals surface area contributed by atoms with Crippen molar-refractivity contribution in [1.82, 2.24) is 9.88 Å². The van der Waals surface area contributed by atoms with Crippen molar-refractivity contribution in [2.75, 3.05) is 26.1 Å². The zero-order valence-electron chi connectivity index (χ0n) is 16.5. The van der Waals surface area contributed by atoms with E-state index in [-0.39, 0.29) is 35.0 Å². The van der Waals surface area contributed by atoms with Crippen LogP contribution in [0.2, 0.25) is 0 Å². The van der Waals surface area contributed by atoms with Gasteiger partial charge in [-0.3, -0.25) is 4.79 Å². The number of carbonyl (C=O) groups excluding carboxylic acids is 1. The SMILES string of the molecule is COc1ccc(S(=O)(=O)NCCC(=O)Nc2cc(C(C)(C)C)on2)cc1OC. The molecule has 1 amide bonds. The molecule has 0 spiro atoms. The van der Waals surface area contributed by atoms with E-state index in [0.717, 1.165) is 0 Å². The number of hydrogen-bond acceptors (Lipinski definition) is 7. The zero-order chi connectivity index (χ0) is 20.9. The number of carbonyl (C=O) groups is 1. The van der Waals surface area contributed by atoms with Crippen LogP contribution in [0.25, 0.3) is 0 Å². The number of aromatic nitrogens is 1. The van der Waals surface area contributed by atoms with Crippen LogP contribution >= 0.6 is 0 Å². The number of nitrogens with zero attached hydrogens (tertiary/aromatic N) is 1. The molecule has 0 saturated carbocycles. The van der Waals surface area contributed by atoms with Gasteiger partial charge >= 0.3 is 0 Å². The molecule has 0 aliphatic heterocycles. The molecule has 0 aliphatic rings. The summed E-state index contributed by atoms with van der Waals surface area (Å²) in [4.78, 5) is 12.0. The lowest BCUT2D eigenvalue weighted by atomic mass is 9.93. The minimum absolute atomic E-state index is 0.0110. The van der Waals surface area contributed by atoms with E-state index in [9.17, 15) is 13.2 Å². The molecule has 0 unspecified atom stereocenters. The Hall–Kier alpha value is -2.59. The van der Waals surface area contributed by atoms with Crippen LogP contribution in [-0.4, -0.2) is 40.2 Å². The zero-order valence-corrected chi connectivity index (χ0v) is 17.3. The van der Waals surface area contributed by atoms with E-state index in [1.54, 1.807) is 6.07 Å². The number of amides is 1. The van der Waals surface area contributed by atoms with Gasteiger partial charge in [0.1, 0.15) is 5.76 Å². The van der Waals surface area contributed by atoms with Crippen molar-refractivity contribution >= 4 is 21.7 Å². The molecule has 28 heavy (non-hydrogen) atoms. The molecule has 10 heteroatoms. The predicted octanol–water partition coefficient (Wildman–Crippen LogP) is 2.30. The summed E-state index contributed by atoms with van der Waals surface area (Å²) >= 11 is 0. The third kappa shape index (κ3) is 5.46. The molecule has 9 nitrogen and oxygen atoms in total. The number of ether oxygens (including phenoxy) is 2. The number of hydrogen-bond donors (Lipinski definition) is 2. The summed E-state index contributed by atoms with van der Waals surface area (Å²) in [5, 5.41) is 6.37. The summed E-state index contributed by atoms with van der Waals surface area (Å²) in [5.74, 6) is 1.25. The highest BCUT2D eigenvalue weighted by Gasteiger charge is 2.21. The van der Waals surface area contributed by atoms with E-state index in [2.05, 4.69) is 15.2 Å². The Kier molecular flexibility index (Phi) is 6.68. The van der Waals surface area contributed by atoms with E-state index in [0.29, 0.717) is 17.3 Å². The molecular weight excluding hydrogens is 386 g/mol. The van der Waals surface area contributed by atoms with Crippen LogP contribution in [0.15, 0.2) is 33.7 Å². The van der Waals surface area contributed by atoms with E-state index >= 15 is 0 Å². The molecule has 1 aromatic carbocycles. The van der Waals surface area contributed by atoms with E-state index in [4.69, 9.17) is 14.0 Å². The van der Waals surface area contributed by atoms with Crippen molar-refractivity contribution in [3.63, 3.8) is 0 Å². The Morgan fingerprint density at radius 1 is 1.14 bits per heavy atom. The molecule has 0 atom stereocenters. The van der Waals surface area contributed by atoms with Gasteiger partial charge in [-0.05, 0) is 12.1 Å². The summed E-state index contributed by atoms with van der Waals surface area (Å²) in [6.07, 6.45) is -0.0652. The lowest BCUT2D eigenvalue weighted by Crippen LogP contribution is -2.28. The maximum Gasteiger partial charge on any atom is 0.240 e. The molecule has 2 aromatic rings. The normalized spacial score (nSPS) is 11.9. The first-order valence-corrected chi connectivity index (χ1v) is 10.0. The third-order valence-corrected chi connectivity index (χ3v) is 5.28. The quantitative estimate of drug-likeness (QED) is 0.684. The first-order chi connectivity index (χ1) is 13.1. The molecule has 0 aliphatic carbocycles. The van der Waals surface area contributed by atoms with Gasteiger partial charge in [-0.2, -0.15) is 0 Å². The number of benzene rings is 1. The second-order valence-electron chi connectivity index (χ2n) is 7.04. The van der Waals surface area contributed by atoms with Gasteiger partial charge in [0, 0.05) is 30.5 Å². The Morgan fingerprint density at radius 2 is 1.82 bits per heavy atom. The van der Waals surface area contributed by atoms with Crippen LogP contribution in [-0.2, 0) is 20.2 Å². The average molecular weight is 411 g/mol. The van der Waals surface area contributed by atoms with Gasteiger partial charge in [0.15, 0.2) is 17.3 Å². The van der Waals surface area contributed by atoms with Crippen molar-refractivity contribution < 1.29 is 27.2 Å². The van der Waals surface area contributed by atoms with Crippen LogP contribution in [0.4, 0.5) is 5.82 Å². The summed E-state index contributed by atoms with van der Waals surface area (Å²) in [7, 11) is -0.923. The number of rotatable bonds is 8. The fraction of sp³-hybridized carbons (Fsp3) is 0.444. The van der Waals surface area contributed by atoms with Gasteiger partial charge in [-0.15, -0.1) is 0 Å². The third-order valence-electron chi connectivity index (χ3n) is 3.83. The Morgan fingerprint density at radius 3 is 2.39 bits per heavy atom. The van der Waals surface area contributed by atoms with Crippen molar-refractivity contribution in [3.05, 3.63) is 30.0 Å². The molecule has 1 heterocycles. The summed E-state index contributed by atoms with van der Waals surface area (Å²) in [6.45, 7) is 5.80. The molecule has 0 bridgehead atoms. The van der Waals surface area contributed by atoms with Gasteiger partial charge in [0.05, 0.1) is 19.1 Å². The summed E-state index contributed by atoms with van der Waals surface area (Å²) < 4.78 is 42.5. The summed E-state index contributed by atoms with van der Waals surface area (Å²) in [6, 6.07) is 5.89. The Balaban J connectivity index is 1.93. The largest absolute Gasteiger partial charge is 0.493 e. The molecule has 0 saturated heterocycles. The lowest BCUT2D eigenvalue weighted by molar-refractivity contribution is -0.116. The molecule has 154 valence electrons. The minimum atomic E-state index is -3.80. The fourth-order valence-electron chi connectivity index (χ4n) is 2.26. The number of methoxy groups -OCH3 is 2. The monoisotopic (exact) mass is 411 g/mol. The second-order valence-corrected chi connectivity index (χ2v) is 8.81. The lowest BCUT2D eigenvalue weighted by Gasteiger charge is -2.12. The predicted molar refractivity (Wildman–Crippen MR) is 103 cm³/mol. The first kappa shape index (κ1) is 21.7. The second kappa shape index (κ2) is 8.61. The van der Waals surface area contributed by atoms with Crippen LogP contribution < -0.4 is 19.5 Å². The maximum absolute atomic E-state index is 12.4. The molecule has 2 rings (SSSR count). The molecular formula is C18H25N3O6S. The highest BCUT2D eigenvalue weighted by atomic mass is 32.2. The van der Waals surface area contributed by atoms with Gasteiger partial charge in [0.2, 0.25) is 15.9 Å². The molecule has 0 fully saturated rings. The maximum atomic E-state index is 12.4. The smallest absolute Gasteiger partial charge is 0.240 e. The highest BCUT2D eigenvalue weighted by Crippen LogP contribution is 2.29. The van der Waals surface area contributed by atoms with Crippen molar-refractivity contribution in [2.24, 2.45) is 0 Å². The van der Waals surface area contributed by atoms with Gasteiger partial charge < -0.3 is 19.3 Å². The topological polar surface area (TPSA) is 120 Å². The van der Waals surface area contributed by atoms with E-state index < -0.39 is 10.0 Å². The Bertz CT molecular complexity index is 931. The van der Waals surface area contributed by atoms with Crippen LogP contribution in [0.3, 0.4) is 0 Å². The minimum Gasteiger partial charge on any atom is -0.493 e. The van der Waals surface area contributed by atoms with Crippen LogP contribution in [0.1, 0.15) is 33.0 Å². The number of anilines is 1. The van der Waals surface area contributed by atoms with Crippen LogP contribution in [0, 0.1) is 0 Å². The van der Waals surface area contributed by atoms with Gasteiger partial charge in [-0.25, -0.2) is 13.1 Å². The van der Waals surface area contributed by atoms with Crippen molar-refractivity contribution in [2.45, 2.75) is 37.5 Å². The molecule has 1 aromatic heterocycles. The number of sulfonamides is 1. The number of nitrogens with one attached hydrogen (secondary N) is 2. The highest BCUT2D eigenvalue weighted by molar-refractivity contribution is 7.89. The van der Waals surface area contributed by atoms with Gasteiger partial charge in [-0.1, -0.05) is 25.9 Å². The standard InChI is InChI=1S/C18H25N3O6S/c1-18(2,3)15-11-16(21-27-15)20-17(22)8-9-19-28(23,24)12-6-7-13(25-4)14(10-12)26-5/h6-7,10-11,19H,8-9H2,1-5H3,(H,20,21,22). The first-order valence-electron chi connectivity index (χ1n) is 8.55. The van der Waals surface area contributed by atoms with Crippen LogP contribution in [0.5, 0.6) is 11.5 Å². The van der Waals surface area contributed by atoms with Crippen molar-refractivity contribution in [1.29, 1.82) is 0 Å². The Labute approximate surface area is 164 Å². The van der Waals surface area contributed by atoms with E-state index in [1.165, 1.54) is 32.4 Å². The van der Waals surface area contributed by atoms with Crippen molar-refractivity contribution in [3.8, 4) is 11.5 Å². The fourth-order valence-corrected chi connectivity index (χ4v) is 3.31. The van der Waals surface area contributed by atoms with Gasteiger partial charge in [0.25, 0.3) is 0 Å². The molecule has 0 radical (unpaired) electrons. The van der Waals surface area contributed by atoms with E-state index in [1.807, 2.05) is 20.8 Å². The summed E-state index contributed by atoms with van der Waals surface area (Å²) in [5.41, 5.74) is -0.231. The average Bonchev–Trinajstić information content (AvgIpc) is 3.09.